The van der Waals surface area contributed by atoms with Crippen molar-refractivity contribution in [3.05, 3.63) is 39.5 Å². The van der Waals surface area contributed by atoms with Gasteiger partial charge in [0.15, 0.2) is 6.29 Å². The Morgan fingerprint density at radius 3 is 2.71 bits per heavy atom. The highest BCUT2D eigenvalue weighted by atomic mass is 127. The molecule has 0 amide bonds. The average Bonchev–Trinajstić information content (AvgIpc) is 2.20. The van der Waals surface area contributed by atoms with Crippen LogP contribution in [0, 0.1) is 3.57 Å². The Kier molecular flexibility index (Phi) is 2.41. The summed E-state index contributed by atoms with van der Waals surface area (Å²) in [6.45, 7) is 0. The maximum atomic E-state index is 10.8. The van der Waals surface area contributed by atoms with Crippen molar-refractivity contribution >= 4 is 39.6 Å². The zero-order valence-corrected chi connectivity index (χ0v) is 9.36. The third-order valence-corrected chi connectivity index (χ3v) is 2.95. The normalized spacial score (nSPS) is 10.4. The summed E-state index contributed by atoms with van der Waals surface area (Å²) >= 11 is 2.01. The molecule has 0 fully saturated rings. The molecule has 1 N–H and O–H groups in total. The van der Waals surface area contributed by atoms with Crippen LogP contribution in [0.5, 0.6) is 5.75 Å². The van der Waals surface area contributed by atoms with Gasteiger partial charge in [0, 0.05) is 0 Å². The lowest BCUT2D eigenvalue weighted by Gasteiger charge is -2.05. The molecule has 0 atom stereocenters. The Morgan fingerprint density at radius 1 is 1.29 bits per heavy atom. The predicted molar refractivity (Wildman–Crippen MR) is 63.7 cm³/mol. The van der Waals surface area contributed by atoms with Crippen molar-refractivity contribution in [1.29, 1.82) is 0 Å². The van der Waals surface area contributed by atoms with E-state index in [9.17, 15) is 9.90 Å². The number of fused-ring (bicyclic) bond motifs is 1. The number of benzene rings is 2. The molecule has 2 aromatic rings. The highest BCUT2D eigenvalue weighted by Crippen LogP contribution is 2.30. The van der Waals surface area contributed by atoms with Crippen LogP contribution < -0.4 is 0 Å². The van der Waals surface area contributed by atoms with Crippen LogP contribution in [0.2, 0.25) is 0 Å². The van der Waals surface area contributed by atoms with Crippen molar-refractivity contribution in [2.45, 2.75) is 0 Å². The number of phenolic OH excluding ortho intramolecular Hbond substituents is 1. The van der Waals surface area contributed by atoms with Gasteiger partial charge in [-0.05, 0) is 39.4 Å². The predicted octanol–water partition coefficient (Wildman–Crippen LogP) is 2.96. The van der Waals surface area contributed by atoms with Crippen molar-refractivity contribution in [2.75, 3.05) is 0 Å². The number of carbonyl (C=O) groups is 1. The van der Waals surface area contributed by atoms with Crippen LogP contribution in [0.4, 0.5) is 0 Å². The minimum absolute atomic E-state index is 0.0688. The van der Waals surface area contributed by atoms with E-state index in [4.69, 9.17) is 0 Å². The molecular weight excluding hydrogens is 291 g/mol. The van der Waals surface area contributed by atoms with Crippen LogP contribution >= 0.6 is 22.6 Å². The fourth-order valence-electron chi connectivity index (χ4n) is 1.45. The molecule has 0 spiro atoms. The van der Waals surface area contributed by atoms with Crippen LogP contribution in [0.15, 0.2) is 30.3 Å². The van der Waals surface area contributed by atoms with E-state index in [2.05, 4.69) is 0 Å². The summed E-state index contributed by atoms with van der Waals surface area (Å²) in [5, 5.41) is 11.4. The monoisotopic (exact) mass is 298 g/mol. The van der Waals surface area contributed by atoms with Crippen LogP contribution in [0.3, 0.4) is 0 Å². The van der Waals surface area contributed by atoms with Crippen molar-refractivity contribution in [3.63, 3.8) is 0 Å². The molecule has 2 rings (SSSR count). The standard InChI is InChI=1S/C11H7IO2/c12-10-5-7-3-1-2-4-8(7)9(6-13)11(10)14/h1-6,14H. The second-order valence-electron chi connectivity index (χ2n) is 2.96. The Labute approximate surface area is 94.7 Å². The van der Waals surface area contributed by atoms with Gasteiger partial charge in [0.1, 0.15) is 5.75 Å². The lowest BCUT2D eigenvalue weighted by Crippen LogP contribution is -1.87. The SMILES string of the molecule is O=Cc1c(O)c(I)cc2ccccc12. The topological polar surface area (TPSA) is 37.3 Å². The molecule has 0 saturated carbocycles. The first kappa shape index (κ1) is 9.45. The molecule has 3 heteroatoms. The fourth-order valence-corrected chi connectivity index (χ4v) is 2.07. The second kappa shape index (κ2) is 3.57. The first-order chi connectivity index (χ1) is 6.74. The van der Waals surface area contributed by atoms with Gasteiger partial charge < -0.3 is 5.11 Å². The molecular formula is C11H7IO2. The molecule has 0 unspecified atom stereocenters. The molecule has 0 aromatic heterocycles. The third kappa shape index (κ3) is 1.37. The van der Waals surface area contributed by atoms with E-state index in [1.165, 1.54) is 0 Å². The lowest BCUT2D eigenvalue weighted by atomic mass is 10.0. The number of halogens is 1. The number of aromatic hydroxyl groups is 1. The van der Waals surface area contributed by atoms with E-state index < -0.39 is 0 Å². The van der Waals surface area contributed by atoms with Crippen molar-refractivity contribution in [1.82, 2.24) is 0 Å². The maximum absolute atomic E-state index is 10.8. The Bertz CT molecular complexity index is 506. The molecule has 0 bridgehead atoms. The van der Waals surface area contributed by atoms with Crippen LogP contribution in [-0.2, 0) is 0 Å². The van der Waals surface area contributed by atoms with Crippen molar-refractivity contribution in [3.8, 4) is 5.75 Å². The van der Waals surface area contributed by atoms with Gasteiger partial charge in [0.05, 0.1) is 9.13 Å². The van der Waals surface area contributed by atoms with Gasteiger partial charge in [-0.15, -0.1) is 0 Å². The number of phenols is 1. The van der Waals surface area contributed by atoms with E-state index in [-0.39, 0.29) is 5.75 Å². The minimum atomic E-state index is 0.0688. The first-order valence-corrected chi connectivity index (χ1v) is 5.17. The summed E-state index contributed by atoms with van der Waals surface area (Å²) in [6.07, 6.45) is 0.694. The van der Waals surface area contributed by atoms with E-state index in [0.717, 1.165) is 10.8 Å². The van der Waals surface area contributed by atoms with E-state index in [1.54, 1.807) is 0 Å². The van der Waals surface area contributed by atoms with Gasteiger partial charge in [-0.2, -0.15) is 0 Å². The Hall–Kier alpha value is -1.10. The van der Waals surface area contributed by atoms with Gasteiger partial charge in [-0.25, -0.2) is 0 Å². The molecule has 0 aliphatic rings. The van der Waals surface area contributed by atoms with Crippen molar-refractivity contribution in [2.24, 2.45) is 0 Å². The summed E-state index contributed by atoms with van der Waals surface area (Å²) in [6, 6.07) is 9.36. The fraction of sp³-hybridized carbons (Fsp3) is 0. The van der Waals surface area contributed by atoms with E-state index in [1.807, 2.05) is 52.9 Å². The maximum Gasteiger partial charge on any atom is 0.154 e. The number of aldehydes is 1. The van der Waals surface area contributed by atoms with Crippen molar-refractivity contribution < 1.29 is 9.90 Å². The minimum Gasteiger partial charge on any atom is -0.506 e. The Balaban J connectivity index is 2.96. The summed E-state index contributed by atoms with van der Waals surface area (Å²) < 4.78 is 0.698. The summed E-state index contributed by atoms with van der Waals surface area (Å²) in [4.78, 5) is 10.8. The second-order valence-corrected chi connectivity index (χ2v) is 4.12. The summed E-state index contributed by atoms with van der Waals surface area (Å²) in [5.41, 5.74) is 0.368. The quantitative estimate of drug-likeness (QED) is 0.649. The van der Waals surface area contributed by atoms with E-state index >= 15 is 0 Å². The van der Waals surface area contributed by atoms with Crippen LogP contribution in [0.1, 0.15) is 10.4 Å². The lowest BCUT2D eigenvalue weighted by molar-refractivity contribution is 0.112. The molecule has 0 saturated heterocycles. The van der Waals surface area contributed by atoms with Gasteiger partial charge in [-0.1, -0.05) is 24.3 Å². The first-order valence-electron chi connectivity index (χ1n) is 4.09. The van der Waals surface area contributed by atoms with E-state index in [0.29, 0.717) is 15.4 Å². The number of hydrogen-bond donors (Lipinski definition) is 1. The molecule has 0 heterocycles. The highest BCUT2D eigenvalue weighted by Gasteiger charge is 2.09. The molecule has 0 aliphatic carbocycles. The number of rotatable bonds is 1. The van der Waals surface area contributed by atoms with Crippen LogP contribution in [0.25, 0.3) is 10.8 Å². The zero-order chi connectivity index (χ0) is 10.1. The molecule has 0 radical (unpaired) electrons. The molecule has 0 aliphatic heterocycles. The average molecular weight is 298 g/mol. The largest absolute Gasteiger partial charge is 0.506 e. The summed E-state index contributed by atoms with van der Waals surface area (Å²) in [7, 11) is 0. The highest BCUT2D eigenvalue weighted by molar-refractivity contribution is 14.1. The molecule has 14 heavy (non-hydrogen) atoms. The van der Waals surface area contributed by atoms with Crippen LogP contribution in [-0.4, -0.2) is 11.4 Å². The third-order valence-electron chi connectivity index (χ3n) is 2.13. The molecule has 2 aromatic carbocycles. The Morgan fingerprint density at radius 2 is 2.00 bits per heavy atom. The molecule has 2 nitrogen and oxygen atoms in total. The van der Waals surface area contributed by atoms with Gasteiger partial charge in [-0.3, -0.25) is 4.79 Å². The molecule has 70 valence electrons. The van der Waals surface area contributed by atoms with Gasteiger partial charge >= 0.3 is 0 Å². The zero-order valence-electron chi connectivity index (χ0n) is 7.20. The smallest absolute Gasteiger partial charge is 0.154 e. The summed E-state index contributed by atoms with van der Waals surface area (Å²) in [5.74, 6) is 0.0688. The number of hydrogen-bond acceptors (Lipinski definition) is 2. The van der Waals surface area contributed by atoms with Gasteiger partial charge in [0.25, 0.3) is 0 Å². The van der Waals surface area contributed by atoms with Gasteiger partial charge in [0.2, 0.25) is 0 Å². The number of carbonyl (C=O) groups excluding carboxylic acids is 1.